The van der Waals surface area contributed by atoms with Gasteiger partial charge in [-0.3, -0.25) is 0 Å². The van der Waals surface area contributed by atoms with Gasteiger partial charge in [-0.05, 0) is 26.5 Å². The van der Waals surface area contributed by atoms with Crippen LogP contribution >= 0.6 is 23.1 Å². The molecular weight excluding hydrogens is 601 g/mol. The van der Waals surface area contributed by atoms with Gasteiger partial charge in [0.25, 0.3) is 6.43 Å². The van der Waals surface area contributed by atoms with Gasteiger partial charge in [0.2, 0.25) is 11.9 Å². The zero-order valence-corrected chi connectivity index (χ0v) is 25.6. The lowest BCUT2D eigenvalue weighted by molar-refractivity contribution is 0.151. The maximum atomic E-state index is 13.6. The lowest BCUT2D eigenvalue weighted by Crippen LogP contribution is -2.57. The molecule has 16 heteroatoms. The number of nitriles is 1. The monoisotopic (exact) mass is 634 g/mol. The van der Waals surface area contributed by atoms with E-state index in [4.69, 9.17) is 16.2 Å². The minimum Gasteiger partial charge on any atom is -0.467 e. The molecule has 0 aliphatic carbocycles. The van der Waals surface area contributed by atoms with Crippen LogP contribution in [0.2, 0.25) is 0 Å². The summed E-state index contributed by atoms with van der Waals surface area (Å²) in [7, 11) is 3.35. The van der Waals surface area contributed by atoms with Crippen LogP contribution < -0.4 is 26.0 Å². The van der Waals surface area contributed by atoms with Crippen molar-refractivity contribution in [1.29, 1.82) is 5.26 Å². The third-order valence-corrected chi connectivity index (χ3v) is 10.4. The predicted molar refractivity (Wildman–Crippen MR) is 162 cm³/mol. The average molecular weight is 635 g/mol. The fourth-order valence-electron chi connectivity index (χ4n) is 5.52. The van der Waals surface area contributed by atoms with Gasteiger partial charge in [0.1, 0.15) is 23.1 Å². The number of pyridine rings is 1. The third kappa shape index (κ3) is 6.24. The number of hydrogen-bond acceptors (Lipinski definition) is 13. The van der Waals surface area contributed by atoms with E-state index in [2.05, 4.69) is 26.0 Å². The summed E-state index contributed by atoms with van der Waals surface area (Å²) in [5.41, 5.74) is 14.2. The summed E-state index contributed by atoms with van der Waals surface area (Å²) in [4.78, 5) is 23.7. The predicted octanol–water partition coefficient (Wildman–Crippen LogP) is 3.83. The quantitative estimate of drug-likeness (QED) is 0.389. The number of halogens is 3. The first-order valence-electron chi connectivity index (χ1n) is 13.6. The second-order valence-corrected chi connectivity index (χ2v) is 13.2. The molecule has 3 aromatic heterocycles. The maximum Gasteiger partial charge on any atom is 0.322 e. The van der Waals surface area contributed by atoms with Crippen molar-refractivity contribution in [2.45, 2.75) is 42.5 Å². The van der Waals surface area contributed by atoms with Crippen LogP contribution in [-0.2, 0) is 10.5 Å². The number of likely N-dealkylation sites (tertiary alicyclic amines) is 1. The molecule has 6 rings (SSSR count). The molecule has 11 nitrogen and oxygen atoms in total. The molecule has 3 aliphatic rings. The van der Waals surface area contributed by atoms with E-state index in [-0.39, 0.29) is 22.5 Å². The second-order valence-electron chi connectivity index (χ2n) is 10.7. The van der Waals surface area contributed by atoms with Gasteiger partial charge in [-0.1, -0.05) is 6.07 Å². The number of thioether (sulfide) groups is 1. The molecule has 4 N–H and O–H groups in total. The number of nitrogens with two attached hydrogens (primary N) is 2. The molecule has 2 fully saturated rings. The first kappa shape index (κ1) is 30.9. The van der Waals surface area contributed by atoms with Crippen molar-refractivity contribution in [3.8, 4) is 12.1 Å². The fourth-order valence-corrected chi connectivity index (χ4v) is 8.33. The Hall–Kier alpha value is -3.55. The Kier molecular flexibility index (Phi) is 9.04. The molecule has 0 saturated carbocycles. The lowest BCUT2D eigenvalue weighted by Gasteiger charge is -2.47. The Labute approximate surface area is 256 Å². The van der Waals surface area contributed by atoms with Crippen molar-refractivity contribution >= 4 is 45.8 Å². The van der Waals surface area contributed by atoms with Crippen molar-refractivity contribution in [2.24, 2.45) is 0 Å². The molecule has 0 aromatic carbocycles. The van der Waals surface area contributed by atoms with Crippen LogP contribution in [0.1, 0.15) is 41.0 Å². The van der Waals surface area contributed by atoms with Crippen LogP contribution in [0.5, 0.6) is 6.01 Å². The summed E-state index contributed by atoms with van der Waals surface area (Å²) in [5.74, 6) is 1.39. The van der Waals surface area contributed by atoms with Gasteiger partial charge in [0.05, 0.1) is 30.0 Å². The standard InChI is InChI=1S/C22H23F2N9OS2.C5H10FN/c1-11(12-4-3-5-28-17(12)26)33(7-15(23)24)20-29-19(30-21(31-20)34-2)32-9-22(10-32)16-13(6-25)18(27)36-14(16)8-35-22;1-7-3-2-5(6)4-7/h3-5,11,15H,7-10,27H2,1-2H3,(H2,26,28);5H,2-4H2,1H3. The number of anilines is 4. The number of fused-ring (bicyclic) bond motifs is 2. The van der Waals surface area contributed by atoms with Crippen LogP contribution in [0, 0.1) is 11.3 Å². The number of nitrogen functional groups attached to an aromatic ring is 2. The summed E-state index contributed by atoms with van der Waals surface area (Å²) in [6, 6.07) is 5.10. The Morgan fingerprint density at radius 1 is 1.28 bits per heavy atom. The van der Waals surface area contributed by atoms with Crippen molar-refractivity contribution in [1.82, 2.24) is 24.8 Å². The summed E-state index contributed by atoms with van der Waals surface area (Å²) >= 11 is 3.22. The Bertz CT molecular complexity index is 1490. The summed E-state index contributed by atoms with van der Waals surface area (Å²) in [6.45, 7) is 3.78. The molecule has 43 heavy (non-hydrogen) atoms. The van der Waals surface area contributed by atoms with Crippen molar-refractivity contribution in [3.63, 3.8) is 0 Å². The molecule has 2 atom stereocenters. The Morgan fingerprint density at radius 2 is 2.05 bits per heavy atom. The van der Waals surface area contributed by atoms with Crippen molar-refractivity contribution in [2.75, 3.05) is 68.1 Å². The normalized spacial score (nSPS) is 19.4. The first-order chi connectivity index (χ1) is 20.5. The van der Waals surface area contributed by atoms with E-state index in [1.807, 2.05) is 16.8 Å². The number of alkyl halides is 3. The molecule has 2 saturated heterocycles. The highest BCUT2D eigenvalue weighted by atomic mass is 32.2. The second kappa shape index (κ2) is 12.6. The number of thiophene rings is 1. The number of nitrogens with zero attached hydrogens (tertiary/aromatic N) is 8. The van der Waals surface area contributed by atoms with Crippen LogP contribution in [-0.4, -0.2) is 84.3 Å². The van der Waals surface area contributed by atoms with Gasteiger partial charge in [-0.25, -0.2) is 18.2 Å². The highest BCUT2D eigenvalue weighted by Crippen LogP contribution is 2.57. The molecule has 0 bridgehead atoms. The van der Waals surface area contributed by atoms with Gasteiger partial charge in [-0.2, -0.15) is 20.2 Å². The van der Waals surface area contributed by atoms with Gasteiger partial charge in [0.15, 0.2) is 0 Å². The molecular formula is C27H33F3N10OS2. The van der Waals surface area contributed by atoms with E-state index in [0.717, 1.165) is 29.2 Å². The van der Waals surface area contributed by atoms with Crippen molar-refractivity contribution < 1.29 is 17.9 Å². The Morgan fingerprint density at radius 3 is 2.63 bits per heavy atom. The van der Waals surface area contributed by atoms with E-state index in [1.54, 1.807) is 30.8 Å². The van der Waals surface area contributed by atoms with Gasteiger partial charge < -0.3 is 30.9 Å². The zero-order chi connectivity index (χ0) is 30.9. The van der Waals surface area contributed by atoms with Gasteiger partial charge in [0, 0.05) is 54.1 Å². The van der Waals surface area contributed by atoms with E-state index in [1.165, 1.54) is 29.5 Å². The number of hydrogen-bond donors (Lipinski definition) is 2. The maximum absolute atomic E-state index is 13.6. The minimum atomic E-state index is -2.65. The molecule has 3 aromatic rings. The van der Waals surface area contributed by atoms with E-state index in [9.17, 15) is 18.4 Å². The van der Waals surface area contributed by atoms with Crippen LogP contribution in [0.4, 0.5) is 35.9 Å². The molecule has 2 unspecified atom stereocenters. The highest BCUT2D eigenvalue weighted by Gasteiger charge is 2.53. The highest BCUT2D eigenvalue weighted by molar-refractivity contribution is 8.00. The molecule has 0 radical (unpaired) electrons. The SMILES string of the molecule is CN1CCC(F)C1.COc1nc(N2CC3(C2)SCc2sc(N)c(C#N)c23)nc(N(CC(F)F)C(C)c2cccnc2N)n1. The molecule has 230 valence electrons. The fraction of sp³-hybridized carbons (Fsp3) is 0.519. The minimum absolute atomic E-state index is 0.0128. The summed E-state index contributed by atoms with van der Waals surface area (Å²) in [6.07, 6.45) is -0.926. The number of aromatic nitrogens is 4. The van der Waals surface area contributed by atoms with E-state index >= 15 is 0 Å². The lowest BCUT2D eigenvalue weighted by atomic mass is 9.88. The van der Waals surface area contributed by atoms with Crippen molar-refractivity contribution in [3.05, 3.63) is 39.9 Å². The van der Waals surface area contributed by atoms with E-state index in [0.29, 0.717) is 41.7 Å². The molecule has 3 aliphatic heterocycles. The summed E-state index contributed by atoms with van der Waals surface area (Å²) < 4.78 is 44.4. The van der Waals surface area contributed by atoms with Crippen LogP contribution in [0.3, 0.4) is 0 Å². The van der Waals surface area contributed by atoms with Crippen LogP contribution in [0.25, 0.3) is 0 Å². The third-order valence-electron chi connectivity index (χ3n) is 7.72. The molecule has 6 heterocycles. The topological polar surface area (TPSA) is 146 Å². The summed E-state index contributed by atoms with van der Waals surface area (Å²) in [5, 5.41) is 10.2. The van der Waals surface area contributed by atoms with E-state index < -0.39 is 25.2 Å². The number of rotatable bonds is 7. The number of methoxy groups -OCH3 is 1. The Balaban J connectivity index is 0.000000463. The first-order valence-corrected chi connectivity index (χ1v) is 15.4. The molecule has 0 amide bonds. The van der Waals surface area contributed by atoms with Crippen LogP contribution in [0.15, 0.2) is 18.3 Å². The number of ether oxygens (including phenoxy) is 1. The molecule has 1 spiro atoms. The zero-order valence-electron chi connectivity index (χ0n) is 24.0. The largest absolute Gasteiger partial charge is 0.467 e. The average Bonchev–Trinajstić information content (AvgIpc) is 3.63. The van der Waals surface area contributed by atoms with Gasteiger partial charge >= 0.3 is 6.01 Å². The smallest absolute Gasteiger partial charge is 0.322 e. The van der Waals surface area contributed by atoms with Gasteiger partial charge in [-0.15, -0.1) is 23.1 Å².